The number of rotatable bonds is 4. The molecule has 0 aromatic rings. The lowest BCUT2D eigenvalue weighted by Gasteiger charge is -2.43. The molecule has 1 N–H and O–H groups in total. The lowest BCUT2D eigenvalue weighted by atomic mass is 9.64. The minimum atomic E-state index is -0.955. The molecule has 8 nitrogen and oxygen atoms in total. The van der Waals surface area contributed by atoms with Crippen LogP contribution in [0.3, 0.4) is 0 Å². The van der Waals surface area contributed by atoms with Gasteiger partial charge in [-0.2, -0.15) is 0 Å². The minimum absolute atomic E-state index is 0.0808. The fourth-order valence-corrected chi connectivity index (χ4v) is 7.80. The molecule has 4 fully saturated rings. The van der Waals surface area contributed by atoms with Crippen LogP contribution in [-0.2, 0) is 19.1 Å². The van der Waals surface area contributed by atoms with E-state index in [-0.39, 0.29) is 46.6 Å². The summed E-state index contributed by atoms with van der Waals surface area (Å²) in [5, 5.41) is 2.86. The van der Waals surface area contributed by atoms with Crippen molar-refractivity contribution in [2.45, 2.75) is 91.6 Å². The smallest absolute Gasteiger partial charge is 0.326 e. The molecule has 4 atom stereocenters. The lowest BCUT2D eigenvalue weighted by molar-refractivity contribution is -0.154. The van der Waals surface area contributed by atoms with E-state index in [1.807, 2.05) is 4.90 Å². The van der Waals surface area contributed by atoms with Gasteiger partial charge in [0.2, 0.25) is 0 Å². The summed E-state index contributed by atoms with van der Waals surface area (Å²) < 4.78 is 5.24. The van der Waals surface area contributed by atoms with E-state index >= 15 is 0 Å². The molecule has 2 bridgehead atoms. The average Bonchev–Trinajstić information content (AvgIpc) is 3.01. The maximum Gasteiger partial charge on any atom is 0.326 e. The van der Waals surface area contributed by atoms with Crippen LogP contribution < -0.4 is 5.32 Å². The van der Waals surface area contributed by atoms with Gasteiger partial charge in [0.05, 0.1) is 0 Å². The summed E-state index contributed by atoms with van der Waals surface area (Å²) in [6.07, 6.45) is 5.09. The number of amides is 4. The van der Waals surface area contributed by atoms with Crippen molar-refractivity contribution in [3.05, 3.63) is 0 Å². The van der Waals surface area contributed by atoms with E-state index in [0.29, 0.717) is 19.4 Å². The summed E-state index contributed by atoms with van der Waals surface area (Å²) in [5.74, 6) is -1.01. The van der Waals surface area contributed by atoms with Crippen molar-refractivity contribution in [3.63, 3.8) is 0 Å². The van der Waals surface area contributed by atoms with Crippen LogP contribution in [0.25, 0.3) is 0 Å². The molecule has 4 amide bonds. The van der Waals surface area contributed by atoms with Crippen LogP contribution in [0.2, 0.25) is 0 Å². The van der Waals surface area contributed by atoms with Crippen molar-refractivity contribution in [2.24, 2.45) is 22.2 Å². The van der Waals surface area contributed by atoms with E-state index in [0.717, 1.165) is 30.6 Å². The van der Waals surface area contributed by atoms with Gasteiger partial charge in [-0.1, -0.05) is 41.5 Å². The van der Waals surface area contributed by atoms with Gasteiger partial charge in [0.1, 0.15) is 12.1 Å². The average molecular weight is 462 g/mol. The maximum absolute atomic E-state index is 13.2. The summed E-state index contributed by atoms with van der Waals surface area (Å²) in [5.41, 5.74) is -0.744. The quantitative estimate of drug-likeness (QED) is 0.513. The largest absolute Gasteiger partial charge is 0.454 e. The van der Waals surface area contributed by atoms with E-state index in [9.17, 15) is 19.2 Å². The molecule has 2 saturated heterocycles. The highest BCUT2D eigenvalue weighted by atomic mass is 16.5. The predicted molar refractivity (Wildman–Crippen MR) is 122 cm³/mol. The number of carbonyl (C=O) groups is 4. The van der Waals surface area contributed by atoms with Crippen molar-refractivity contribution in [1.82, 2.24) is 15.1 Å². The standard InChI is InChI=1S/C25H39N3O5/c1-16-7-22(2,3)14-25(8-16)20(31)27(21(32)26-25)11-19(30)33-12-18(29)28-15-24(6)10-17(28)9-23(4,5)13-24/h16-17H,7-15H2,1-6H3,(H,26,32)/t16-,17+,24-,25-/m1/s1. The highest BCUT2D eigenvalue weighted by Gasteiger charge is 2.56. The van der Waals surface area contributed by atoms with Crippen LogP contribution in [0.15, 0.2) is 0 Å². The highest BCUT2D eigenvalue weighted by Crippen LogP contribution is 2.52. The van der Waals surface area contributed by atoms with E-state index in [4.69, 9.17) is 4.74 Å². The van der Waals surface area contributed by atoms with E-state index in [1.165, 1.54) is 0 Å². The van der Waals surface area contributed by atoms with Crippen LogP contribution in [0.4, 0.5) is 4.79 Å². The van der Waals surface area contributed by atoms with Crippen LogP contribution in [0.1, 0.15) is 80.1 Å². The molecule has 184 valence electrons. The first-order chi connectivity index (χ1) is 15.1. The maximum atomic E-state index is 13.2. The van der Waals surface area contributed by atoms with E-state index in [2.05, 4.69) is 46.9 Å². The normalized spacial score (nSPS) is 36.8. The lowest BCUT2D eigenvalue weighted by Crippen LogP contribution is -2.54. The Balaban J connectivity index is 1.34. The first kappa shape index (κ1) is 24.0. The fourth-order valence-electron chi connectivity index (χ4n) is 7.80. The first-order valence-corrected chi connectivity index (χ1v) is 12.2. The Morgan fingerprint density at radius 3 is 2.33 bits per heavy atom. The van der Waals surface area contributed by atoms with Crippen molar-refractivity contribution in [1.29, 1.82) is 0 Å². The second kappa shape index (κ2) is 7.70. The molecule has 2 aliphatic carbocycles. The molecule has 0 radical (unpaired) electrons. The zero-order chi connectivity index (χ0) is 24.4. The number of nitrogens with one attached hydrogen (secondary N) is 1. The second-order valence-electron chi connectivity index (χ2n) is 13.2. The third-order valence-electron chi connectivity index (χ3n) is 8.00. The second-order valence-corrected chi connectivity index (χ2v) is 13.2. The number of ether oxygens (including phenoxy) is 1. The zero-order valence-electron chi connectivity index (χ0n) is 21.0. The topological polar surface area (TPSA) is 96.0 Å². The highest BCUT2D eigenvalue weighted by molar-refractivity contribution is 6.08. The third kappa shape index (κ3) is 4.62. The number of fused-ring (bicyclic) bond motifs is 2. The summed E-state index contributed by atoms with van der Waals surface area (Å²) in [4.78, 5) is 53.9. The van der Waals surface area contributed by atoms with Gasteiger partial charge in [0, 0.05) is 12.6 Å². The van der Waals surface area contributed by atoms with Crippen molar-refractivity contribution in [2.75, 3.05) is 19.7 Å². The van der Waals surface area contributed by atoms with E-state index < -0.39 is 24.1 Å². The Bertz CT molecular complexity index is 883. The number of esters is 1. The van der Waals surface area contributed by atoms with Crippen LogP contribution in [0.5, 0.6) is 0 Å². The van der Waals surface area contributed by atoms with Gasteiger partial charge in [-0.05, 0) is 60.7 Å². The third-order valence-corrected chi connectivity index (χ3v) is 8.00. The van der Waals surface area contributed by atoms with Gasteiger partial charge < -0.3 is 15.0 Å². The molecule has 2 saturated carbocycles. The number of nitrogens with zero attached hydrogens (tertiary/aromatic N) is 2. The summed E-state index contributed by atoms with van der Waals surface area (Å²) in [7, 11) is 0. The Labute approximate surface area is 196 Å². The Morgan fingerprint density at radius 1 is 1.00 bits per heavy atom. The molecule has 0 aromatic heterocycles. The van der Waals surface area contributed by atoms with Crippen LogP contribution >= 0.6 is 0 Å². The molecule has 0 unspecified atom stereocenters. The van der Waals surface area contributed by atoms with Crippen molar-refractivity contribution >= 4 is 23.8 Å². The number of hydrogen-bond acceptors (Lipinski definition) is 5. The number of carbonyl (C=O) groups excluding carboxylic acids is 4. The molecule has 0 aromatic carbocycles. The van der Waals surface area contributed by atoms with Gasteiger partial charge in [-0.25, -0.2) is 4.79 Å². The molecule has 4 rings (SSSR count). The summed E-state index contributed by atoms with van der Waals surface area (Å²) in [6, 6.07) is -0.385. The molecule has 33 heavy (non-hydrogen) atoms. The number of urea groups is 1. The van der Waals surface area contributed by atoms with E-state index in [1.54, 1.807) is 0 Å². The van der Waals surface area contributed by atoms with Gasteiger partial charge in [0.25, 0.3) is 11.8 Å². The number of imide groups is 1. The van der Waals surface area contributed by atoms with Gasteiger partial charge in [0.15, 0.2) is 6.61 Å². The predicted octanol–water partition coefficient (Wildman–Crippen LogP) is 3.09. The Kier molecular flexibility index (Phi) is 5.61. The number of hydrogen-bond donors (Lipinski definition) is 1. The number of likely N-dealkylation sites (tertiary alicyclic amines) is 1. The zero-order valence-corrected chi connectivity index (χ0v) is 21.0. The van der Waals surface area contributed by atoms with Crippen molar-refractivity contribution in [3.8, 4) is 0 Å². The van der Waals surface area contributed by atoms with Crippen LogP contribution in [0, 0.1) is 22.2 Å². The van der Waals surface area contributed by atoms with Gasteiger partial charge >= 0.3 is 12.0 Å². The SMILES string of the molecule is C[C@@H]1CC(C)(C)C[C@@]2(C1)NC(=O)N(CC(=O)OCC(=O)N1C[C@]3(C)C[C@@H]1CC(C)(C)C3)C2=O. The Morgan fingerprint density at radius 2 is 1.67 bits per heavy atom. The molecule has 1 spiro atoms. The van der Waals surface area contributed by atoms with Gasteiger partial charge in [-0.15, -0.1) is 0 Å². The molecule has 8 heteroatoms. The Hall–Kier alpha value is -2.12. The molecule has 2 aliphatic heterocycles. The van der Waals surface area contributed by atoms with Crippen LogP contribution in [-0.4, -0.2) is 64.9 Å². The molecular weight excluding hydrogens is 422 g/mol. The monoisotopic (exact) mass is 461 g/mol. The molecule has 4 aliphatic rings. The molecular formula is C25H39N3O5. The minimum Gasteiger partial charge on any atom is -0.454 e. The van der Waals surface area contributed by atoms with Crippen molar-refractivity contribution < 1.29 is 23.9 Å². The van der Waals surface area contributed by atoms with Gasteiger partial charge in [-0.3, -0.25) is 19.3 Å². The summed E-state index contributed by atoms with van der Waals surface area (Å²) in [6.45, 7) is 12.8. The summed E-state index contributed by atoms with van der Waals surface area (Å²) >= 11 is 0. The fraction of sp³-hybridized carbons (Fsp3) is 0.840. The first-order valence-electron chi connectivity index (χ1n) is 12.2. The molecule has 2 heterocycles.